The van der Waals surface area contributed by atoms with E-state index in [4.69, 9.17) is 0 Å². The Bertz CT molecular complexity index is 48.5. The summed E-state index contributed by atoms with van der Waals surface area (Å²) >= 11 is 1.40. The third-order valence-corrected chi connectivity index (χ3v) is 3.64. The monoisotopic (exact) mass is 253 g/mol. The molecular weight excluding hydrogens is 236 g/mol. The van der Waals surface area contributed by atoms with Gasteiger partial charge in [0.15, 0.2) is 0 Å². The zero-order chi connectivity index (χ0) is 7.11. The van der Waals surface area contributed by atoms with Crippen LogP contribution in [0.15, 0.2) is 0 Å². The minimum absolute atomic E-state index is 1.07. The van der Waals surface area contributed by atoms with Gasteiger partial charge in [-0.15, -0.1) is 0 Å². The Hall–Kier alpha value is 1.38. The summed E-state index contributed by atoms with van der Waals surface area (Å²) in [6.07, 6.45) is 5.71. The maximum atomic E-state index is 2.32. The van der Waals surface area contributed by atoms with Crippen molar-refractivity contribution in [2.24, 2.45) is 5.92 Å². The summed E-state index contributed by atoms with van der Waals surface area (Å²) in [7, 11) is 0. The summed E-state index contributed by atoms with van der Waals surface area (Å²) in [6.45, 7) is 4.60. The molecule has 1 atom stereocenters. The van der Waals surface area contributed by atoms with E-state index in [0.717, 1.165) is 5.92 Å². The average molecular weight is 253 g/mol. The number of hydrogen-bond acceptors (Lipinski definition) is 0. The molecule has 0 saturated heterocycles. The molecule has 0 fully saturated rings. The Balaban J connectivity index is 3.09. The van der Waals surface area contributed by atoms with E-state index in [2.05, 4.69) is 13.8 Å². The molecule has 0 rings (SSSR count). The fourth-order valence-corrected chi connectivity index (χ4v) is 2.49. The SMILES string of the molecule is CCCCC(CC)[CH2][Ce+2]. The van der Waals surface area contributed by atoms with Gasteiger partial charge in [-0.3, -0.25) is 0 Å². The predicted octanol–water partition coefficient (Wildman–Crippen LogP) is 3.17. The van der Waals surface area contributed by atoms with Gasteiger partial charge < -0.3 is 0 Å². The van der Waals surface area contributed by atoms with Crippen molar-refractivity contribution < 1.29 is 39.6 Å². The summed E-state index contributed by atoms with van der Waals surface area (Å²) in [5.74, 6) is 1.07. The Morgan fingerprint density at radius 3 is 2.33 bits per heavy atom. The van der Waals surface area contributed by atoms with Crippen LogP contribution in [0.25, 0.3) is 0 Å². The molecule has 0 saturated carbocycles. The summed E-state index contributed by atoms with van der Waals surface area (Å²) in [6, 6.07) is 0. The Kier molecular flexibility index (Phi) is 8.63. The predicted molar refractivity (Wildman–Crippen MR) is 38.1 cm³/mol. The molecule has 9 heavy (non-hydrogen) atoms. The zero-order valence-electron chi connectivity index (χ0n) is 6.61. The minimum atomic E-state index is 1.07. The van der Waals surface area contributed by atoms with Crippen LogP contribution in [-0.4, -0.2) is 0 Å². The van der Waals surface area contributed by atoms with Crippen LogP contribution in [0.4, 0.5) is 0 Å². The molecular formula is C8H17Ce+2. The Morgan fingerprint density at radius 1 is 1.33 bits per heavy atom. The van der Waals surface area contributed by atoms with Gasteiger partial charge in [-0.1, -0.05) is 0 Å². The van der Waals surface area contributed by atoms with Crippen molar-refractivity contribution in [3.63, 3.8) is 0 Å². The summed E-state index contributed by atoms with van der Waals surface area (Å²) < 4.78 is 1.51. The Morgan fingerprint density at radius 2 is 2.00 bits per heavy atom. The molecule has 0 aromatic heterocycles. The van der Waals surface area contributed by atoms with Gasteiger partial charge in [0.05, 0.1) is 0 Å². The third kappa shape index (κ3) is 5.80. The van der Waals surface area contributed by atoms with E-state index in [1.165, 1.54) is 67.3 Å². The molecule has 0 aromatic rings. The first-order valence-corrected chi connectivity index (χ1v) is 6.21. The summed E-state index contributed by atoms with van der Waals surface area (Å²) in [5.41, 5.74) is 0. The van der Waals surface area contributed by atoms with Gasteiger partial charge in [0.1, 0.15) is 0 Å². The second-order valence-electron chi connectivity index (χ2n) is 2.62. The quantitative estimate of drug-likeness (QED) is 0.706. The topological polar surface area (TPSA) is 0 Å². The zero-order valence-corrected chi connectivity index (χ0v) is 9.75. The van der Waals surface area contributed by atoms with Crippen LogP contribution in [-0.2, 0) is 0 Å². The normalized spacial score (nSPS) is 13.8. The van der Waals surface area contributed by atoms with E-state index >= 15 is 0 Å². The molecule has 0 N–H and O–H groups in total. The standard InChI is InChI=1S/C8H17.Ce/c1-4-6-7-8(3)5-2;/h8H,3-7H2,1-2H3;/q;+2. The van der Waals surface area contributed by atoms with Crippen molar-refractivity contribution in [2.75, 3.05) is 0 Å². The first-order chi connectivity index (χ1) is 4.35. The van der Waals surface area contributed by atoms with Crippen LogP contribution < -0.4 is 0 Å². The van der Waals surface area contributed by atoms with Crippen LogP contribution in [0.5, 0.6) is 0 Å². The van der Waals surface area contributed by atoms with E-state index in [1.807, 2.05) is 0 Å². The van der Waals surface area contributed by atoms with E-state index < -0.39 is 0 Å². The van der Waals surface area contributed by atoms with Gasteiger partial charge in [-0.2, -0.15) is 0 Å². The first-order valence-electron chi connectivity index (χ1n) is 3.99. The molecule has 0 nitrogen and oxygen atoms in total. The molecule has 0 aliphatic heterocycles. The van der Waals surface area contributed by atoms with Gasteiger partial charge in [0, 0.05) is 0 Å². The first kappa shape index (κ1) is 10.4. The third-order valence-electron chi connectivity index (χ3n) is 1.83. The van der Waals surface area contributed by atoms with Gasteiger partial charge in [-0.05, 0) is 0 Å². The van der Waals surface area contributed by atoms with Crippen molar-refractivity contribution in [3.8, 4) is 0 Å². The van der Waals surface area contributed by atoms with Crippen LogP contribution >= 0.6 is 0 Å². The van der Waals surface area contributed by atoms with Crippen LogP contribution in [0.2, 0.25) is 1.94 Å². The molecule has 0 amide bonds. The van der Waals surface area contributed by atoms with Crippen LogP contribution in [0.1, 0.15) is 39.5 Å². The van der Waals surface area contributed by atoms with Crippen molar-refractivity contribution in [3.05, 3.63) is 0 Å². The van der Waals surface area contributed by atoms with Crippen molar-refractivity contribution in [1.29, 1.82) is 0 Å². The molecule has 0 bridgehead atoms. The second-order valence-corrected chi connectivity index (χ2v) is 3.90. The number of unbranched alkanes of at least 4 members (excludes halogenated alkanes) is 1. The second kappa shape index (κ2) is 7.48. The van der Waals surface area contributed by atoms with Crippen molar-refractivity contribution in [2.45, 2.75) is 41.5 Å². The van der Waals surface area contributed by atoms with Crippen LogP contribution in [0.3, 0.4) is 0 Å². The molecule has 1 heteroatoms. The van der Waals surface area contributed by atoms with Crippen LogP contribution in [0, 0.1) is 45.6 Å². The summed E-state index contributed by atoms with van der Waals surface area (Å²) in [4.78, 5) is 0. The van der Waals surface area contributed by atoms with Gasteiger partial charge >= 0.3 is 87.0 Å². The molecule has 0 radical (unpaired) electrons. The van der Waals surface area contributed by atoms with E-state index in [-0.39, 0.29) is 0 Å². The van der Waals surface area contributed by atoms with Crippen molar-refractivity contribution >= 4 is 0 Å². The van der Waals surface area contributed by atoms with Gasteiger partial charge in [0.25, 0.3) is 0 Å². The van der Waals surface area contributed by atoms with E-state index in [1.54, 1.807) is 0 Å². The number of rotatable bonds is 5. The maximum absolute atomic E-state index is 2.32. The fourth-order valence-electron chi connectivity index (χ4n) is 0.943. The van der Waals surface area contributed by atoms with Gasteiger partial charge in [-0.25, -0.2) is 0 Å². The molecule has 51 valence electrons. The average Bonchev–Trinajstić information content (AvgIpc) is 1.91. The molecule has 0 aromatic carbocycles. The van der Waals surface area contributed by atoms with Gasteiger partial charge in [0.2, 0.25) is 0 Å². The fraction of sp³-hybridized carbons (Fsp3) is 1.00. The molecule has 0 aliphatic rings. The van der Waals surface area contributed by atoms with E-state index in [9.17, 15) is 0 Å². The van der Waals surface area contributed by atoms with Crippen molar-refractivity contribution in [1.82, 2.24) is 0 Å². The molecule has 0 spiro atoms. The number of hydrogen-bond donors (Lipinski definition) is 0. The summed E-state index contributed by atoms with van der Waals surface area (Å²) in [5, 5.41) is 0. The molecule has 1 unspecified atom stereocenters. The molecule has 0 aliphatic carbocycles. The van der Waals surface area contributed by atoms with E-state index in [0.29, 0.717) is 0 Å². The Labute approximate surface area is 86.1 Å². The molecule has 0 heterocycles.